The van der Waals surface area contributed by atoms with Crippen molar-refractivity contribution in [1.29, 1.82) is 0 Å². The fraction of sp³-hybridized carbons (Fsp3) is 0.231. The molecule has 0 atom stereocenters. The molecule has 19 heavy (non-hydrogen) atoms. The highest BCUT2D eigenvalue weighted by Gasteiger charge is 2.12. The minimum atomic E-state index is 0.764. The number of aromatic nitrogens is 2. The van der Waals surface area contributed by atoms with Crippen molar-refractivity contribution in [3.63, 3.8) is 0 Å². The monoisotopic (exact) mass is 384 g/mol. The molecule has 2 rings (SSSR count). The largest absolute Gasteiger partial charge is 0.372 e. The van der Waals surface area contributed by atoms with E-state index >= 15 is 0 Å². The number of benzene rings is 1. The van der Waals surface area contributed by atoms with Crippen LogP contribution in [0.5, 0.6) is 0 Å². The van der Waals surface area contributed by atoms with Crippen molar-refractivity contribution in [1.82, 2.24) is 9.97 Å². The Morgan fingerprint density at radius 3 is 2.63 bits per heavy atom. The van der Waals surface area contributed by atoms with Crippen molar-refractivity contribution in [2.75, 3.05) is 24.3 Å². The van der Waals surface area contributed by atoms with Crippen LogP contribution in [0.2, 0.25) is 0 Å². The Morgan fingerprint density at radius 2 is 1.95 bits per heavy atom. The van der Waals surface area contributed by atoms with Gasteiger partial charge in [0.05, 0.1) is 0 Å². The topological polar surface area (TPSA) is 41.1 Å². The molecular formula is C13H14Br2N4. The van der Waals surface area contributed by atoms with E-state index in [1.165, 1.54) is 5.56 Å². The predicted molar refractivity (Wildman–Crippen MR) is 85.5 cm³/mol. The molecule has 0 amide bonds. The van der Waals surface area contributed by atoms with Crippen LogP contribution < -0.4 is 10.2 Å². The maximum Gasteiger partial charge on any atom is 0.148 e. The van der Waals surface area contributed by atoms with Gasteiger partial charge in [-0.3, -0.25) is 0 Å². The zero-order valence-corrected chi connectivity index (χ0v) is 13.9. The molecule has 4 nitrogen and oxygen atoms in total. The van der Waals surface area contributed by atoms with Gasteiger partial charge >= 0.3 is 0 Å². The van der Waals surface area contributed by atoms with Crippen molar-refractivity contribution in [2.45, 2.75) is 6.54 Å². The van der Waals surface area contributed by atoms with E-state index < -0.39 is 0 Å². The van der Waals surface area contributed by atoms with E-state index in [4.69, 9.17) is 0 Å². The highest BCUT2D eigenvalue weighted by molar-refractivity contribution is 9.11. The molecule has 100 valence electrons. The van der Waals surface area contributed by atoms with Crippen LogP contribution in [-0.4, -0.2) is 24.1 Å². The Bertz CT molecular complexity index is 574. The van der Waals surface area contributed by atoms with E-state index in [0.717, 1.165) is 27.1 Å². The summed E-state index contributed by atoms with van der Waals surface area (Å²) in [7, 11) is 3.84. The molecule has 0 unspecified atom stereocenters. The number of rotatable bonds is 4. The van der Waals surface area contributed by atoms with Gasteiger partial charge in [-0.2, -0.15) is 0 Å². The third-order valence-corrected chi connectivity index (χ3v) is 4.24. The summed E-state index contributed by atoms with van der Waals surface area (Å²) in [5.41, 5.74) is 1.21. The lowest BCUT2D eigenvalue weighted by atomic mass is 10.2. The van der Waals surface area contributed by atoms with Crippen LogP contribution in [0.15, 0.2) is 39.5 Å². The van der Waals surface area contributed by atoms with Gasteiger partial charge in [0.15, 0.2) is 0 Å². The lowest BCUT2D eigenvalue weighted by molar-refractivity contribution is 0.883. The molecule has 0 bridgehead atoms. The molecule has 0 aliphatic carbocycles. The Morgan fingerprint density at radius 1 is 1.21 bits per heavy atom. The molecule has 1 heterocycles. The Labute approximate surface area is 129 Å². The Balaban J connectivity index is 2.26. The second kappa shape index (κ2) is 6.34. The van der Waals surface area contributed by atoms with Crippen LogP contribution in [0.25, 0.3) is 0 Å². The quantitative estimate of drug-likeness (QED) is 0.871. The molecular weight excluding hydrogens is 372 g/mol. The summed E-state index contributed by atoms with van der Waals surface area (Å²) in [6.07, 6.45) is 1.56. The van der Waals surface area contributed by atoms with Gasteiger partial charge < -0.3 is 10.2 Å². The minimum absolute atomic E-state index is 0.764. The summed E-state index contributed by atoms with van der Waals surface area (Å²) in [5, 5.41) is 3.03. The molecule has 0 radical (unpaired) electrons. The first kappa shape index (κ1) is 14.3. The summed E-state index contributed by atoms with van der Waals surface area (Å²) < 4.78 is 1.97. The molecule has 0 spiro atoms. The van der Waals surface area contributed by atoms with Crippen molar-refractivity contribution < 1.29 is 0 Å². The lowest BCUT2D eigenvalue weighted by Crippen LogP contribution is -2.19. The SMILES string of the molecule is CNc1ncnc(N(C)Cc2ccccc2Br)c1Br. The predicted octanol–water partition coefficient (Wildman–Crippen LogP) is 3.68. The second-order valence-corrected chi connectivity index (χ2v) is 5.70. The Kier molecular flexibility index (Phi) is 4.76. The third kappa shape index (κ3) is 3.25. The number of hydrogen-bond acceptors (Lipinski definition) is 4. The van der Waals surface area contributed by atoms with Crippen LogP contribution in [0.4, 0.5) is 11.6 Å². The molecule has 1 aromatic carbocycles. The molecule has 2 aromatic rings. The number of hydrogen-bond donors (Lipinski definition) is 1. The van der Waals surface area contributed by atoms with Crippen LogP contribution >= 0.6 is 31.9 Å². The summed E-state index contributed by atoms with van der Waals surface area (Å²) in [6, 6.07) is 8.17. The van der Waals surface area contributed by atoms with Crippen LogP contribution in [0, 0.1) is 0 Å². The summed E-state index contributed by atoms with van der Waals surface area (Å²) in [5.74, 6) is 1.64. The minimum Gasteiger partial charge on any atom is -0.372 e. The lowest BCUT2D eigenvalue weighted by Gasteiger charge is -2.20. The molecule has 1 aromatic heterocycles. The second-order valence-electron chi connectivity index (χ2n) is 4.06. The molecule has 0 aliphatic heterocycles. The average Bonchev–Trinajstić information content (AvgIpc) is 2.41. The Hall–Kier alpha value is -1.14. The highest BCUT2D eigenvalue weighted by atomic mass is 79.9. The number of anilines is 2. The number of halogens is 2. The first-order valence-corrected chi connectivity index (χ1v) is 7.35. The number of nitrogens with zero attached hydrogens (tertiary/aromatic N) is 3. The summed E-state index contributed by atoms with van der Waals surface area (Å²) in [6.45, 7) is 0.764. The molecule has 0 saturated heterocycles. The van der Waals surface area contributed by atoms with E-state index in [0.29, 0.717) is 0 Å². The molecule has 6 heteroatoms. The van der Waals surface area contributed by atoms with Gasteiger partial charge in [-0.05, 0) is 27.6 Å². The normalized spacial score (nSPS) is 10.3. The van der Waals surface area contributed by atoms with E-state index in [-0.39, 0.29) is 0 Å². The van der Waals surface area contributed by atoms with Crippen LogP contribution in [-0.2, 0) is 6.54 Å². The maximum atomic E-state index is 4.33. The fourth-order valence-electron chi connectivity index (χ4n) is 1.76. The van der Waals surface area contributed by atoms with Gasteiger partial charge in [-0.25, -0.2) is 9.97 Å². The number of nitrogens with one attached hydrogen (secondary N) is 1. The van der Waals surface area contributed by atoms with E-state index in [9.17, 15) is 0 Å². The van der Waals surface area contributed by atoms with Crippen molar-refractivity contribution in [3.8, 4) is 0 Å². The van der Waals surface area contributed by atoms with Gasteiger partial charge in [-0.15, -0.1) is 0 Å². The summed E-state index contributed by atoms with van der Waals surface area (Å²) in [4.78, 5) is 10.6. The van der Waals surface area contributed by atoms with Gasteiger partial charge in [0.25, 0.3) is 0 Å². The van der Waals surface area contributed by atoms with Gasteiger partial charge in [-0.1, -0.05) is 34.1 Å². The zero-order valence-electron chi connectivity index (χ0n) is 10.7. The van der Waals surface area contributed by atoms with Crippen LogP contribution in [0.3, 0.4) is 0 Å². The van der Waals surface area contributed by atoms with Gasteiger partial charge in [0, 0.05) is 25.1 Å². The summed E-state index contributed by atoms with van der Waals surface area (Å²) >= 11 is 7.09. The zero-order chi connectivity index (χ0) is 13.8. The molecule has 0 saturated carbocycles. The van der Waals surface area contributed by atoms with E-state index in [1.54, 1.807) is 6.33 Å². The molecule has 0 fully saturated rings. The first-order chi connectivity index (χ1) is 9.13. The van der Waals surface area contributed by atoms with Gasteiger partial charge in [0.1, 0.15) is 22.4 Å². The standard InChI is InChI=1S/C13H14Br2N4/c1-16-12-11(15)13(18-8-17-12)19(2)7-9-5-3-4-6-10(9)14/h3-6,8H,7H2,1-2H3,(H,16,17,18). The average molecular weight is 386 g/mol. The molecule has 1 N–H and O–H groups in total. The highest BCUT2D eigenvalue weighted by Crippen LogP contribution is 2.30. The molecule has 0 aliphatic rings. The van der Waals surface area contributed by atoms with Crippen molar-refractivity contribution in [2.24, 2.45) is 0 Å². The maximum absolute atomic E-state index is 4.33. The third-order valence-electron chi connectivity index (χ3n) is 2.73. The van der Waals surface area contributed by atoms with Crippen molar-refractivity contribution in [3.05, 3.63) is 45.1 Å². The first-order valence-electron chi connectivity index (χ1n) is 5.76. The van der Waals surface area contributed by atoms with Crippen LogP contribution in [0.1, 0.15) is 5.56 Å². The van der Waals surface area contributed by atoms with Gasteiger partial charge in [0.2, 0.25) is 0 Å². The van der Waals surface area contributed by atoms with E-state index in [1.807, 2.05) is 32.3 Å². The van der Waals surface area contributed by atoms with Crippen molar-refractivity contribution >= 4 is 43.5 Å². The fourth-order valence-corrected chi connectivity index (χ4v) is 2.87. The van der Waals surface area contributed by atoms with E-state index in [2.05, 4.69) is 58.1 Å². The smallest absolute Gasteiger partial charge is 0.148 e.